The van der Waals surface area contributed by atoms with Crippen LogP contribution in [0.4, 0.5) is 0 Å². The average Bonchev–Trinajstić information content (AvgIpc) is 3.01. The lowest BCUT2D eigenvalue weighted by molar-refractivity contribution is 0.0429. The summed E-state index contributed by atoms with van der Waals surface area (Å²) in [6, 6.07) is 5.91. The van der Waals surface area contributed by atoms with Gasteiger partial charge < -0.3 is 14.6 Å². The molecule has 3 nitrogen and oxygen atoms in total. The number of benzene rings is 1. The zero-order valence-electron chi connectivity index (χ0n) is 11.0. The molecule has 2 bridgehead atoms. The van der Waals surface area contributed by atoms with Gasteiger partial charge in [0, 0.05) is 16.8 Å². The molecule has 0 amide bonds. The molecule has 104 valence electrons. The number of hydrogen-bond donors (Lipinski definition) is 1. The molecule has 0 radical (unpaired) electrons. The highest BCUT2D eigenvalue weighted by Crippen LogP contribution is 2.41. The van der Waals surface area contributed by atoms with Gasteiger partial charge in [-0.25, -0.2) is 0 Å². The maximum absolute atomic E-state index is 10.5. The van der Waals surface area contributed by atoms with Crippen molar-refractivity contribution in [2.24, 2.45) is 5.92 Å². The Bertz CT molecular complexity index is 463. The molecule has 0 aliphatic carbocycles. The van der Waals surface area contributed by atoms with Gasteiger partial charge >= 0.3 is 0 Å². The predicted molar refractivity (Wildman–Crippen MR) is 76.4 cm³/mol. The minimum atomic E-state index is -0.349. The smallest absolute Gasteiger partial charge is 0.122 e. The van der Waals surface area contributed by atoms with Crippen molar-refractivity contribution >= 4 is 15.9 Å². The maximum Gasteiger partial charge on any atom is 0.122 e. The van der Waals surface area contributed by atoms with E-state index >= 15 is 0 Å². The first kappa shape index (κ1) is 13.4. The number of ether oxygens (including phenoxy) is 2. The quantitative estimate of drug-likeness (QED) is 0.924. The molecule has 0 aromatic heterocycles. The highest BCUT2D eigenvalue weighted by molar-refractivity contribution is 9.10. The third kappa shape index (κ3) is 2.67. The van der Waals surface area contributed by atoms with E-state index in [9.17, 15) is 5.11 Å². The Morgan fingerprint density at radius 3 is 2.95 bits per heavy atom. The molecule has 3 rings (SSSR count). The van der Waals surface area contributed by atoms with Crippen LogP contribution in [0.25, 0.3) is 0 Å². The van der Waals surface area contributed by atoms with E-state index in [2.05, 4.69) is 15.9 Å². The second-order valence-corrected chi connectivity index (χ2v) is 6.42. The minimum Gasteiger partial charge on any atom is -0.496 e. The van der Waals surface area contributed by atoms with Gasteiger partial charge in [-0.1, -0.05) is 15.9 Å². The van der Waals surface area contributed by atoms with Gasteiger partial charge in [-0.2, -0.15) is 0 Å². The molecule has 2 heterocycles. The Morgan fingerprint density at radius 1 is 1.47 bits per heavy atom. The fraction of sp³-hybridized carbons (Fsp3) is 0.600. The van der Waals surface area contributed by atoms with Crippen LogP contribution < -0.4 is 4.74 Å². The van der Waals surface area contributed by atoms with Crippen LogP contribution in [-0.2, 0) is 11.2 Å². The first-order valence-electron chi connectivity index (χ1n) is 6.83. The lowest BCUT2D eigenvalue weighted by Gasteiger charge is -2.24. The Morgan fingerprint density at radius 2 is 2.32 bits per heavy atom. The van der Waals surface area contributed by atoms with Crippen molar-refractivity contribution in [2.75, 3.05) is 7.11 Å². The van der Waals surface area contributed by atoms with Crippen molar-refractivity contribution in [3.05, 3.63) is 28.2 Å². The van der Waals surface area contributed by atoms with Crippen molar-refractivity contribution in [2.45, 2.75) is 44.0 Å². The summed E-state index contributed by atoms with van der Waals surface area (Å²) in [5, 5.41) is 10.5. The van der Waals surface area contributed by atoms with Gasteiger partial charge in [-0.3, -0.25) is 0 Å². The topological polar surface area (TPSA) is 38.7 Å². The summed E-state index contributed by atoms with van der Waals surface area (Å²) in [6.07, 6.45) is 4.18. The van der Waals surface area contributed by atoms with E-state index in [4.69, 9.17) is 9.47 Å². The first-order chi connectivity index (χ1) is 9.17. The number of fused-ring (bicyclic) bond motifs is 2. The fourth-order valence-electron chi connectivity index (χ4n) is 3.37. The SMILES string of the molecule is COc1ccc(Br)cc1CC(O)C1CC2CCC1O2. The lowest BCUT2D eigenvalue weighted by atomic mass is 9.83. The molecule has 2 saturated heterocycles. The van der Waals surface area contributed by atoms with Crippen LogP contribution in [0.3, 0.4) is 0 Å². The van der Waals surface area contributed by atoms with Crippen molar-refractivity contribution in [3.8, 4) is 5.75 Å². The van der Waals surface area contributed by atoms with Crippen LogP contribution in [-0.4, -0.2) is 30.5 Å². The van der Waals surface area contributed by atoms with Gasteiger partial charge in [-0.15, -0.1) is 0 Å². The van der Waals surface area contributed by atoms with Gasteiger partial charge in [0.15, 0.2) is 0 Å². The first-order valence-corrected chi connectivity index (χ1v) is 7.62. The molecule has 2 aliphatic rings. The summed E-state index contributed by atoms with van der Waals surface area (Å²) in [5.74, 6) is 1.12. The third-order valence-electron chi connectivity index (χ3n) is 4.32. The average molecular weight is 327 g/mol. The Labute approximate surface area is 122 Å². The number of aliphatic hydroxyl groups is 1. The van der Waals surface area contributed by atoms with Crippen LogP contribution >= 0.6 is 15.9 Å². The summed E-state index contributed by atoms with van der Waals surface area (Å²) in [6.45, 7) is 0. The number of methoxy groups -OCH3 is 1. The maximum atomic E-state index is 10.5. The molecule has 4 heteroatoms. The number of aliphatic hydroxyl groups excluding tert-OH is 1. The normalized spacial score (nSPS) is 30.6. The van der Waals surface area contributed by atoms with E-state index in [1.54, 1.807) is 7.11 Å². The van der Waals surface area contributed by atoms with Crippen LogP contribution in [0.2, 0.25) is 0 Å². The molecule has 4 atom stereocenters. The van der Waals surface area contributed by atoms with Gasteiger partial charge in [0.1, 0.15) is 5.75 Å². The molecule has 0 spiro atoms. The van der Waals surface area contributed by atoms with Crippen LogP contribution in [0, 0.1) is 5.92 Å². The predicted octanol–water partition coefficient (Wildman–Crippen LogP) is 2.93. The van der Waals surface area contributed by atoms with Crippen LogP contribution in [0.15, 0.2) is 22.7 Å². The molecule has 1 aromatic rings. The van der Waals surface area contributed by atoms with Crippen molar-refractivity contribution in [1.82, 2.24) is 0 Å². The fourth-order valence-corrected chi connectivity index (χ4v) is 3.77. The van der Waals surface area contributed by atoms with E-state index in [1.165, 1.54) is 0 Å². The van der Waals surface area contributed by atoms with E-state index in [1.807, 2.05) is 18.2 Å². The van der Waals surface area contributed by atoms with Gasteiger partial charge in [-0.05, 0) is 43.0 Å². The van der Waals surface area contributed by atoms with E-state index in [-0.39, 0.29) is 18.1 Å². The summed E-state index contributed by atoms with van der Waals surface area (Å²) in [5.41, 5.74) is 1.05. The molecule has 1 N–H and O–H groups in total. The molecule has 19 heavy (non-hydrogen) atoms. The summed E-state index contributed by atoms with van der Waals surface area (Å²) >= 11 is 3.47. The van der Waals surface area contributed by atoms with Crippen molar-refractivity contribution < 1.29 is 14.6 Å². The Balaban J connectivity index is 1.72. The van der Waals surface area contributed by atoms with Gasteiger partial charge in [0.05, 0.1) is 25.4 Å². The largest absolute Gasteiger partial charge is 0.496 e. The van der Waals surface area contributed by atoms with E-state index in [0.29, 0.717) is 12.5 Å². The zero-order chi connectivity index (χ0) is 13.4. The minimum absolute atomic E-state index is 0.262. The Kier molecular flexibility index (Phi) is 3.83. The van der Waals surface area contributed by atoms with Crippen molar-refractivity contribution in [3.63, 3.8) is 0 Å². The van der Waals surface area contributed by atoms with E-state index < -0.39 is 0 Å². The molecule has 2 aliphatic heterocycles. The van der Waals surface area contributed by atoms with Crippen LogP contribution in [0.5, 0.6) is 5.75 Å². The second kappa shape index (κ2) is 5.43. The van der Waals surface area contributed by atoms with E-state index in [0.717, 1.165) is 35.0 Å². The Hall–Kier alpha value is -0.580. The third-order valence-corrected chi connectivity index (χ3v) is 4.81. The monoisotopic (exact) mass is 326 g/mol. The highest BCUT2D eigenvalue weighted by Gasteiger charge is 2.43. The number of halogens is 1. The summed E-state index contributed by atoms with van der Waals surface area (Å²) in [7, 11) is 1.67. The van der Waals surface area contributed by atoms with Crippen LogP contribution in [0.1, 0.15) is 24.8 Å². The van der Waals surface area contributed by atoms with Gasteiger partial charge in [0.2, 0.25) is 0 Å². The highest BCUT2D eigenvalue weighted by atomic mass is 79.9. The number of rotatable bonds is 4. The lowest BCUT2D eigenvalue weighted by Crippen LogP contribution is -2.31. The van der Waals surface area contributed by atoms with Gasteiger partial charge in [0.25, 0.3) is 0 Å². The molecule has 2 fully saturated rings. The molecular weight excluding hydrogens is 308 g/mol. The van der Waals surface area contributed by atoms with Crippen molar-refractivity contribution in [1.29, 1.82) is 0 Å². The molecule has 0 saturated carbocycles. The standard InChI is InChI=1S/C15H19BrO3/c1-18-14-4-2-10(16)6-9(14)7-13(17)12-8-11-3-5-15(12)19-11/h2,4,6,11-13,15,17H,3,5,7-8H2,1H3. The zero-order valence-corrected chi connectivity index (χ0v) is 12.6. The summed E-state index contributed by atoms with van der Waals surface area (Å²) < 4.78 is 12.2. The molecule has 4 unspecified atom stereocenters. The summed E-state index contributed by atoms with van der Waals surface area (Å²) in [4.78, 5) is 0. The number of hydrogen-bond acceptors (Lipinski definition) is 3. The second-order valence-electron chi connectivity index (χ2n) is 5.50. The molecular formula is C15H19BrO3. The molecule has 1 aromatic carbocycles.